The number of fused-ring (bicyclic) bond motifs is 4. The number of carbonyl (C=O) groups excluding carboxylic acids is 4. The lowest BCUT2D eigenvalue weighted by Gasteiger charge is -2.45. The summed E-state index contributed by atoms with van der Waals surface area (Å²) >= 11 is 0. The van der Waals surface area contributed by atoms with Gasteiger partial charge in [-0.15, -0.1) is 0 Å². The molecule has 0 N–H and O–H groups in total. The van der Waals surface area contributed by atoms with Crippen molar-refractivity contribution in [2.75, 3.05) is 0 Å². The fourth-order valence-corrected chi connectivity index (χ4v) is 8.57. The van der Waals surface area contributed by atoms with Crippen LogP contribution in [-0.2, 0) is 19.2 Å². The van der Waals surface area contributed by atoms with E-state index in [1.165, 1.54) is 50.7 Å². The number of Topliss-reactive ketones (excluding diaryl/α,β-unsaturated/α-hetero) is 2. The molecule has 0 spiro atoms. The fraction of sp³-hybridized carbons (Fsp3) is 0.750. The molecule has 0 radical (unpaired) electrons. The van der Waals surface area contributed by atoms with Crippen LogP contribution in [0.3, 0.4) is 0 Å². The minimum atomic E-state index is -0.0990. The van der Waals surface area contributed by atoms with E-state index >= 15 is 0 Å². The molecule has 0 aromatic rings. The van der Waals surface area contributed by atoms with Crippen molar-refractivity contribution in [1.82, 2.24) is 0 Å². The zero-order valence-electron chi connectivity index (χ0n) is 23.2. The Hall–Kier alpha value is -1.84. The third kappa shape index (κ3) is 5.68. The second-order valence-corrected chi connectivity index (χ2v) is 14.4. The number of hydrogen-bond donors (Lipinski definition) is 0. The van der Waals surface area contributed by atoms with Crippen molar-refractivity contribution in [3.8, 4) is 0 Å². The lowest BCUT2D eigenvalue weighted by molar-refractivity contribution is -0.128. The summed E-state index contributed by atoms with van der Waals surface area (Å²) in [4.78, 5) is 45.6. The highest BCUT2D eigenvalue weighted by molar-refractivity contribution is 6.16. The maximum absolute atomic E-state index is 12.8. The van der Waals surface area contributed by atoms with Gasteiger partial charge in [0.1, 0.15) is 11.6 Å². The quantitative estimate of drug-likeness (QED) is 0.305. The second kappa shape index (κ2) is 10.1. The van der Waals surface area contributed by atoms with Crippen LogP contribution in [0.1, 0.15) is 92.9 Å². The van der Waals surface area contributed by atoms with Gasteiger partial charge in [0.15, 0.2) is 11.6 Å². The molecule has 4 fully saturated rings. The summed E-state index contributed by atoms with van der Waals surface area (Å²) in [5.74, 6) is 4.72. The molecule has 0 aromatic carbocycles. The highest BCUT2D eigenvalue weighted by Gasteiger charge is 2.60. The van der Waals surface area contributed by atoms with Crippen LogP contribution in [0.25, 0.3) is 0 Å². The van der Waals surface area contributed by atoms with E-state index in [1.807, 2.05) is 0 Å². The van der Waals surface area contributed by atoms with Gasteiger partial charge in [-0.05, 0) is 97.0 Å². The van der Waals surface area contributed by atoms with E-state index in [-0.39, 0.29) is 58.6 Å². The Balaban J connectivity index is 0.000000174. The molecule has 198 valence electrons. The first-order valence-electron chi connectivity index (χ1n) is 14.2. The number of hydrogen-bond acceptors (Lipinski definition) is 4. The molecule has 4 saturated carbocycles. The van der Waals surface area contributed by atoms with Crippen molar-refractivity contribution in [2.24, 2.45) is 58.2 Å². The summed E-state index contributed by atoms with van der Waals surface area (Å²) in [7, 11) is 0. The first kappa shape index (κ1) is 27.2. The maximum Gasteiger partial charge on any atom is 0.163 e. The summed E-state index contributed by atoms with van der Waals surface area (Å²) in [6.07, 6.45) is 16.0. The number of ketones is 4. The van der Waals surface area contributed by atoms with Crippen LogP contribution in [0.15, 0.2) is 24.3 Å². The van der Waals surface area contributed by atoms with Gasteiger partial charge in [0, 0.05) is 11.8 Å². The molecule has 8 unspecified atom stereocenters. The molecule has 0 heterocycles. The van der Waals surface area contributed by atoms with Crippen LogP contribution < -0.4 is 0 Å². The molecule has 0 aliphatic heterocycles. The van der Waals surface area contributed by atoms with Gasteiger partial charge in [0.05, 0.1) is 12.8 Å². The zero-order chi connectivity index (χ0) is 26.4. The number of carbonyl (C=O) groups is 4. The van der Waals surface area contributed by atoms with Crippen LogP contribution in [0.4, 0.5) is 0 Å². The van der Waals surface area contributed by atoms with Gasteiger partial charge in [-0.3, -0.25) is 19.2 Å². The summed E-state index contributed by atoms with van der Waals surface area (Å²) < 4.78 is 0. The zero-order valence-corrected chi connectivity index (χ0v) is 23.2. The molecular weight excluding hydrogens is 448 g/mol. The van der Waals surface area contributed by atoms with Gasteiger partial charge in [-0.2, -0.15) is 0 Å². The molecular formula is C32H46O4. The van der Waals surface area contributed by atoms with Crippen LogP contribution >= 0.6 is 0 Å². The molecule has 4 nitrogen and oxygen atoms in total. The molecule has 4 heteroatoms. The van der Waals surface area contributed by atoms with E-state index in [0.29, 0.717) is 17.8 Å². The molecule has 6 aliphatic carbocycles. The highest BCUT2D eigenvalue weighted by atomic mass is 16.2. The molecule has 0 saturated heterocycles. The van der Waals surface area contributed by atoms with Gasteiger partial charge >= 0.3 is 0 Å². The third-order valence-corrected chi connectivity index (χ3v) is 9.73. The third-order valence-electron chi connectivity index (χ3n) is 9.73. The van der Waals surface area contributed by atoms with E-state index in [9.17, 15) is 19.2 Å². The van der Waals surface area contributed by atoms with Crippen LogP contribution in [0, 0.1) is 58.2 Å². The summed E-state index contributed by atoms with van der Waals surface area (Å²) in [5.41, 5.74) is 0.136. The Bertz CT molecular complexity index is 928. The smallest absolute Gasteiger partial charge is 0.163 e. The maximum atomic E-state index is 12.8. The normalized spacial score (nSPS) is 38.5. The van der Waals surface area contributed by atoms with Crippen LogP contribution in [0.2, 0.25) is 0 Å². The van der Waals surface area contributed by atoms with E-state index in [0.717, 1.165) is 17.8 Å². The van der Waals surface area contributed by atoms with Gasteiger partial charge in [-0.25, -0.2) is 0 Å². The number of allylic oxidation sites excluding steroid dienone is 4. The predicted molar refractivity (Wildman–Crippen MR) is 142 cm³/mol. The lowest BCUT2D eigenvalue weighted by atomic mass is 9.58. The van der Waals surface area contributed by atoms with E-state index < -0.39 is 0 Å². The molecule has 0 aromatic heterocycles. The monoisotopic (exact) mass is 494 g/mol. The molecule has 8 atom stereocenters. The SMILES string of the molecule is C1=CC2CCC1C2.CC(C)(C)C1C(=O)CC(=O)C1C1C2CCC(C2)C1C(C)(C)C.O=C1C=CC(=O)C1. The second-order valence-electron chi connectivity index (χ2n) is 14.4. The largest absolute Gasteiger partial charge is 0.299 e. The lowest BCUT2D eigenvalue weighted by Crippen LogP contribution is -2.43. The van der Waals surface area contributed by atoms with Crippen LogP contribution in [0.5, 0.6) is 0 Å². The molecule has 6 rings (SSSR count). The van der Waals surface area contributed by atoms with Gasteiger partial charge in [0.2, 0.25) is 0 Å². The first-order chi connectivity index (χ1) is 16.8. The average Bonchev–Trinajstić information content (AvgIpc) is 3.59. The van der Waals surface area contributed by atoms with Crippen molar-refractivity contribution < 1.29 is 19.2 Å². The van der Waals surface area contributed by atoms with Gasteiger partial charge in [-0.1, -0.05) is 53.7 Å². The fourth-order valence-electron chi connectivity index (χ4n) is 8.57. The molecule has 0 amide bonds. The van der Waals surface area contributed by atoms with E-state index in [2.05, 4.69) is 53.7 Å². The van der Waals surface area contributed by atoms with Crippen molar-refractivity contribution in [3.63, 3.8) is 0 Å². The molecule has 6 aliphatic rings. The van der Waals surface area contributed by atoms with Gasteiger partial charge in [0.25, 0.3) is 0 Å². The Morgan fingerprint density at radius 3 is 1.58 bits per heavy atom. The summed E-state index contributed by atoms with van der Waals surface area (Å²) in [6, 6.07) is 0. The van der Waals surface area contributed by atoms with E-state index in [1.54, 1.807) is 0 Å². The Morgan fingerprint density at radius 2 is 1.19 bits per heavy atom. The van der Waals surface area contributed by atoms with E-state index in [4.69, 9.17) is 0 Å². The molecule has 4 bridgehead atoms. The van der Waals surface area contributed by atoms with Crippen LogP contribution in [-0.4, -0.2) is 23.1 Å². The van der Waals surface area contributed by atoms with Crippen molar-refractivity contribution >= 4 is 23.1 Å². The predicted octanol–water partition coefficient (Wildman–Crippen LogP) is 6.57. The standard InChI is InChI=1S/C20H32O2.C7H10.C5H4O2/c1-19(2,3)17-12-8-7-11(9-12)15(17)16-13(21)10-14(22)18(16)20(4,5)6;1-2-7-4-3-6(1)5-7;6-4-1-2-5(7)3-4/h11-12,15-18H,7-10H2,1-6H3;1-2,6-7H,3-5H2;1-2H,3H2. The number of rotatable bonds is 1. The van der Waals surface area contributed by atoms with Crippen molar-refractivity contribution in [2.45, 2.75) is 92.9 Å². The summed E-state index contributed by atoms with van der Waals surface area (Å²) in [6.45, 7) is 13.4. The first-order valence-corrected chi connectivity index (χ1v) is 14.2. The minimum Gasteiger partial charge on any atom is -0.299 e. The summed E-state index contributed by atoms with van der Waals surface area (Å²) in [5, 5.41) is 0. The topological polar surface area (TPSA) is 68.3 Å². The van der Waals surface area contributed by atoms with Gasteiger partial charge < -0.3 is 0 Å². The Kier molecular flexibility index (Phi) is 7.66. The molecule has 36 heavy (non-hydrogen) atoms. The minimum absolute atomic E-state index is 0.00738. The average molecular weight is 495 g/mol. The highest BCUT2D eigenvalue weighted by Crippen LogP contribution is 2.63. The van der Waals surface area contributed by atoms with Crippen molar-refractivity contribution in [3.05, 3.63) is 24.3 Å². The Morgan fingerprint density at radius 1 is 0.639 bits per heavy atom. The van der Waals surface area contributed by atoms with Crippen molar-refractivity contribution in [1.29, 1.82) is 0 Å². The Labute approximate surface area is 217 Å².